The maximum atomic E-state index is 13.7. The lowest BCUT2D eigenvalue weighted by Gasteiger charge is -2.29. The van der Waals surface area contributed by atoms with E-state index in [1.807, 2.05) is 19.9 Å². The Morgan fingerprint density at radius 2 is 1.89 bits per heavy atom. The summed E-state index contributed by atoms with van der Waals surface area (Å²) in [7, 11) is 0. The molecule has 1 saturated heterocycles. The van der Waals surface area contributed by atoms with Gasteiger partial charge in [-0.05, 0) is 50.1 Å². The molecule has 184 valence electrons. The topological polar surface area (TPSA) is 92.5 Å². The highest BCUT2D eigenvalue weighted by Gasteiger charge is 2.42. The van der Waals surface area contributed by atoms with Crippen LogP contribution in [0.5, 0.6) is 11.5 Å². The number of carbonyl (C=O) groups excluding carboxylic acids is 1. The van der Waals surface area contributed by atoms with Crippen LogP contribution in [-0.2, 0) is 4.74 Å². The van der Waals surface area contributed by atoms with Crippen LogP contribution in [0.4, 0.5) is 0 Å². The van der Waals surface area contributed by atoms with E-state index >= 15 is 0 Å². The van der Waals surface area contributed by atoms with Crippen LogP contribution in [0.1, 0.15) is 46.6 Å². The molecule has 0 spiro atoms. The number of hydrogen-bond donors (Lipinski definition) is 1. The SMILES string of the molecule is CCOc1cc(C2c3c(oc4ccc(C)cc4c3=O)C(=O)N2CCCN2CCOCC2)ccc1O. The van der Waals surface area contributed by atoms with Gasteiger partial charge in [-0.3, -0.25) is 14.5 Å². The van der Waals surface area contributed by atoms with Crippen molar-refractivity contribution in [3.8, 4) is 11.5 Å². The fraction of sp³-hybridized carbons (Fsp3) is 0.407. The lowest BCUT2D eigenvalue weighted by atomic mass is 9.97. The van der Waals surface area contributed by atoms with Gasteiger partial charge in [0.15, 0.2) is 16.9 Å². The molecule has 3 aromatic rings. The summed E-state index contributed by atoms with van der Waals surface area (Å²) in [6, 6.07) is 9.77. The van der Waals surface area contributed by atoms with Crippen molar-refractivity contribution >= 4 is 16.9 Å². The summed E-state index contributed by atoms with van der Waals surface area (Å²) in [4.78, 5) is 31.3. The molecule has 1 amide bonds. The normalized spacial score (nSPS) is 18.3. The van der Waals surface area contributed by atoms with E-state index in [9.17, 15) is 14.7 Å². The average molecular weight is 479 g/mol. The predicted octanol–water partition coefficient (Wildman–Crippen LogP) is 3.47. The minimum Gasteiger partial charge on any atom is -0.504 e. The van der Waals surface area contributed by atoms with Gasteiger partial charge < -0.3 is 23.9 Å². The number of nitrogens with zero attached hydrogens (tertiary/aromatic N) is 2. The van der Waals surface area contributed by atoms with Crippen molar-refractivity contribution in [2.75, 3.05) is 46.0 Å². The molecule has 1 aromatic heterocycles. The molecule has 0 saturated carbocycles. The van der Waals surface area contributed by atoms with Crippen LogP contribution >= 0.6 is 0 Å². The summed E-state index contributed by atoms with van der Waals surface area (Å²) >= 11 is 0. The van der Waals surface area contributed by atoms with Crippen LogP contribution in [0.25, 0.3) is 11.0 Å². The van der Waals surface area contributed by atoms with E-state index in [-0.39, 0.29) is 22.8 Å². The standard InChI is InChI=1S/C27H30N2O6/c1-3-34-22-16-18(6-7-20(22)30)24-23-25(31)19-15-17(2)5-8-21(19)35-26(23)27(32)29(24)10-4-9-28-11-13-33-14-12-28/h5-8,15-16,24,30H,3-4,9-14H2,1-2H3. The minimum absolute atomic E-state index is 0.0141. The number of ether oxygens (including phenoxy) is 2. The van der Waals surface area contributed by atoms with Crippen LogP contribution in [-0.4, -0.2) is 66.8 Å². The maximum absolute atomic E-state index is 13.7. The lowest BCUT2D eigenvalue weighted by Crippen LogP contribution is -2.38. The molecule has 0 aliphatic carbocycles. The molecular weight excluding hydrogens is 448 g/mol. The minimum atomic E-state index is -0.622. The molecule has 8 nitrogen and oxygen atoms in total. The molecule has 0 radical (unpaired) electrons. The van der Waals surface area contributed by atoms with E-state index in [0.717, 1.165) is 44.8 Å². The van der Waals surface area contributed by atoms with Gasteiger partial charge in [0.1, 0.15) is 5.58 Å². The summed E-state index contributed by atoms with van der Waals surface area (Å²) in [5.74, 6) is 0.131. The first kappa shape index (κ1) is 23.4. The van der Waals surface area contributed by atoms with Crippen molar-refractivity contribution < 1.29 is 23.8 Å². The monoisotopic (exact) mass is 478 g/mol. The number of aromatic hydroxyl groups is 1. The lowest BCUT2D eigenvalue weighted by molar-refractivity contribution is 0.0353. The largest absolute Gasteiger partial charge is 0.504 e. The average Bonchev–Trinajstić information content (AvgIpc) is 3.14. The van der Waals surface area contributed by atoms with Gasteiger partial charge >= 0.3 is 0 Å². The Morgan fingerprint density at radius 3 is 2.66 bits per heavy atom. The Balaban J connectivity index is 1.56. The van der Waals surface area contributed by atoms with E-state index in [1.165, 1.54) is 0 Å². The van der Waals surface area contributed by atoms with Gasteiger partial charge in [-0.25, -0.2) is 0 Å². The Labute approximate surface area is 203 Å². The van der Waals surface area contributed by atoms with Crippen LogP contribution in [0.3, 0.4) is 0 Å². The van der Waals surface area contributed by atoms with E-state index < -0.39 is 6.04 Å². The highest BCUT2D eigenvalue weighted by atomic mass is 16.5. The molecule has 1 unspecified atom stereocenters. The van der Waals surface area contributed by atoms with Crippen molar-refractivity contribution in [1.82, 2.24) is 9.80 Å². The fourth-order valence-corrected chi connectivity index (χ4v) is 4.97. The van der Waals surface area contributed by atoms with E-state index in [1.54, 1.807) is 35.2 Å². The Kier molecular flexibility index (Phi) is 6.49. The molecule has 0 bridgehead atoms. The first-order valence-electron chi connectivity index (χ1n) is 12.1. The molecule has 1 atom stereocenters. The zero-order valence-electron chi connectivity index (χ0n) is 20.1. The van der Waals surface area contributed by atoms with Crippen molar-refractivity contribution in [3.63, 3.8) is 0 Å². The third-order valence-corrected chi connectivity index (χ3v) is 6.70. The number of aryl methyl sites for hydroxylation is 1. The van der Waals surface area contributed by atoms with Gasteiger partial charge in [0.05, 0.1) is 36.8 Å². The fourth-order valence-electron chi connectivity index (χ4n) is 4.97. The van der Waals surface area contributed by atoms with Crippen LogP contribution in [0, 0.1) is 6.92 Å². The number of phenolic OH excluding ortho intramolecular Hbond substituents is 1. The van der Waals surface area contributed by atoms with Crippen LogP contribution < -0.4 is 10.2 Å². The molecular formula is C27H30N2O6. The van der Waals surface area contributed by atoms with Gasteiger partial charge in [0.25, 0.3) is 5.91 Å². The molecule has 8 heteroatoms. The number of hydrogen-bond acceptors (Lipinski definition) is 7. The van der Waals surface area contributed by atoms with Crippen molar-refractivity contribution in [2.24, 2.45) is 0 Å². The van der Waals surface area contributed by atoms with Crippen molar-refractivity contribution in [3.05, 3.63) is 69.1 Å². The smallest absolute Gasteiger partial charge is 0.290 e. The van der Waals surface area contributed by atoms with Crippen molar-refractivity contribution in [2.45, 2.75) is 26.3 Å². The zero-order chi connectivity index (χ0) is 24.5. The maximum Gasteiger partial charge on any atom is 0.290 e. The first-order chi connectivity index (χ1) is 17.0. The van der Waals surface area contributed by atoms with Gasteiger partial charge in [0, 0.05) is 26.2 Å². The summed E-state index contributed by atoms with van der Waals surface area (Å²) in [6.45, 7) is 8.61. The molecule has 5 rings (SSSR count). The van der Waals surface area contributed by atoms with Gasteiger partial charge in [-0.15, -0.1) is 0 Å². The molecule has 1 N–H and O–H groups in total. The van der Waals surface area contributed by atoms with Gasteiger partial charge in [-0.2, -0.15) is 0 Å². The van der Waals surface area contributed by atoms with Crippen LogP contribution in [0.15, 0.2) is 45.6 Å². The number of amides is 1. The first-order valence-corrected chi connectivity index (χ1v) is 12.1. The summed E-state index contributed by atoms with van der Waals surface area (Å²) in [6.07, 6.45) is 0.749. The van der Waals surface area contributed by atoms with E-state index in [2.05, 4.69) is 4.90 Å². The second-order valence-electron chi connectivity index (χ2n) is 9.04. The molecule has 1 fully saturated rings. The summed E-state index contributed by atoms with van der Waals surface area (Å²) < 4.78 is 17.1. The third kappa shape index (κ3) is 4.39. The molecule has 2 aromatic carbocycles. The predicted molar refractivity (Wildman–Crippen MR) is 131 cm³/mol. The number of phenols is 1. The number of benzene rings is 2. The summed E-state index contributed by atoms with van der Waals surface area (Å²) in [5, 5.41) is 10.7. The van der Waals surface area contributed by atoms with Gasteiger partial charge in [0.2, 0.25) is 5.76 Å². The highest BCUT2D eigenvalue weighted by Crippen LogP contribution is 2.40. The number of morpholine rings is 1. The van der Waals surface area contributed by atoms with Crippen molar-refractivity contribution in [1.29, 1.82) is 0 Å². The number of fused-ring (bicyclic) bond motifs is 2. The summed E-state index contributed by atoms with van der Waals surface area (Å²) in [5.41, 5.74) is 2.18. The Morgan fingerprint density at radius 1 is 1.09 bits per heavy atom. The Hall–Kier alpha value is -3.36. The number of rotatable bonds is 7. The second kappa shape index (κ2) is 9.71. The third-order valence-electron chi connectivity index (χ3n) is 6.70. The molecule has 2 aliphatic rings. The zero-order valence-corrected chi connectivity index (χ0v) is 20.1. The van der Waals surface area contributed by atoms with Gasteiger partial charge in [-0.1, -0.05) is 17.7 Å². The Bertz CT molecular complexity index is 1310. The quantitative estimate of drug-likeness (QED) is 0.556. The molecule has 2 aliphatic heterocycles. The van der Waals surface area contributed by atoms with E-state index in [4.69, 9.17) is 13.9 Å². The highest BCUT2D eigenvalue weighted by molar-refractivity contribution is 5.99. The molecule has 35 heavy (non-hydrogen) atoms. The molecule has 3 heterocycles. The number of carbonyl (C=O) groups is 1. The van der Waals surface area contributed by atoms with Crippen LogP contribution in [0.2, 0.25) is 0 Å². The second-order valence-corrected chi connectivity index (χ2v) is 9.04. The van der Waals surface area contributed by atoms with E-state index in [0.29, 0.717) is 41.0 Å².